The third kappa shape index (κ3) is 4.46. The monoisotopic (exact) mass is 324 g/mol. The molecule has 23 heavy (non-hydrogen) atoms. The van der Waals surface area contributed by atoms with Crippen LogP contribution in [-0.2, 0) is 9.59 Å². The highest BCUT2D eigenvalue weighted by atomic mass is 16.4. The summed E-state index contributed by atoms with van der Waals surface area (Å²) in [6.07, 6.45) is 6.57. The number of likely N-dealkylation sites (tertiary alicyclic amines) is 1. The SMILES string of the molecule is CCC(C)NC(=O)C1CC(C)N(CCC(=O)O)C2CCCCC12. The minimum Gasteiger partial charge on any atom is -0.481 e. The maximum Gasteiger partial charge on any atom is 0.304 e. The summed E-state index contributed by atoms with van der Waals surface area (Å²) < 4.78 is 0. The van der Waals surface area contributed by atoms with Crippen molar-refractivity contribution in [1.82, 2.24) is 10.2 Å². The van der Waals surface area contributed by atoms with Crippen LogP contribution in [0.15, 0.2) is 0 Å². The Bertz CT molecular complexity index is 426. The fourth-order valence-electron chi connectivity index (χ4n) is 4.39. The van der Waals surface area contributed by atoms with E-state index in [2.05, 4.69) is 31.0 Å². The summed E-state index contributed by atoms with van der Waals surface area (Å²) in [7, 11) is 0. The molecule has 1 amide bonds. The molecule has 2 rings (SSSR count). The molecule has 5 nitrogen and oxygen atoms in total. The number of piperidine rings is 1. The van der Waals surface area contributed by atoms with Gasteiger partial charge in [0.05, 0.1) is 6.42 Å². The molecule has 0 bridgehead atoms. The van der Waals surface area contributed by atoms with E-state index in [4.69, 9.17) is 5.11 Å². The molecule has 1 aliphatic carbocycles. The molecule has 0 aromatic heterocycles. The van der Waals surface area contributed by atoms with Gasteiger partial charge in [-0.15, -0.1) is 0 Å². The summed E-state index contributed by atoms with van der Waals surface area (Å²) in [5.74, 6) is -0.0506. The first-order valence-corrected chi connectivity index (χ1v) is 9.22. The van der Waals surface area contributed by atoms with Crippen LogP contribution in [0.3, 0.4) is 0 Å². The first-order chi connectivity index (χ1) is 10.9. The average molecular weight is 324 g/mol. The van der Waals surface area contributed by atoms with Crippen molar-refractivity contribution in [2.75, 3.05) is 6.54 Å². The minimum atomic E-state index is -0.735. The van der Waals surface area contributed by atoms with Crippen molar-refractivity contribution in [2.45, 2.75) is 83.8 Å². The smallest absolute Gasteiger partial charge is 0.304 e. The van der Waals surface area contributed by atoms with Crippen LogP contribution < -0.4 is 5.32 Å². The number of amides is 1. The number of fused-ring (bicyclic) bond motifs is 1. The summed E-state index contributed by atoms with van der Waals surface area (Å²) in [6.45, 7) is 6.90. The van der Waals surface area contributed by atoms with E-state index in [1.807, 2.05) is 0 Å². The highest BCUT2D eigenvalue weighted by molar-refractivity contribution is 5.79. The molecule has 1 heterocycles. The zero-order valence-corrected chi connectivity index (χ0v) is 14.8. The van der Waals surface area contributed by atoms with Gasteiger partial charge in [-0.25, -0.2) is 0 Å². The summed E-state index contributed by atoms with van der Waals surface area (Å²) in [5.41, 5.74) is 0. The van der Waals surface area contributed by atoms with E-state index in [-0.39, 0.29) is 30.3 Å². The molecule has 5 heteroatoms. The first kappa shape index (κ1) is 18.2. The lowest BCUT2D eigenvalue weighted by molar-refractivity contribution is -0.140. The highest BCUT2D eigenvalue weighted by Gasteiger charge is 2.45. The standard InChI is InChI=1S/C18H32N2O3/c1-4-12(2)19-18(23)15-11-13(3)20(10-9-17(21)22)16-8-6-5-7-14(15)16/h12-16H,4-11H2,1-3H3,(H,19,23)(H,21,22). The Hall–Kier alpha value is -1.10. The molecular formula is C18H32N2O3. The van der Waals surface area contributed by atoms with Crippen molar-refractivity contribution in [2.24, 2.45) is 11.8 Å². The number of hydrogen-bond donors (Lipinski definition) is 2. The molecular weight excluding hydrogens is 292 g/mol. The number of aliphatic carboxylic acids is 1. The van der Waals surface area contributed by atoms with Crippen LogP contribution in [0.1, 0.15) is 65.7 Å². The lowest BCUT2D eigenvalue weighted by atomic mass is 9.69. The van der Waals surface area contributed by atoms with Gasteiger partial charge in [0.15, 0.2) is 0 Å². The molecule has 1 aliphatic heterocycles. The Balaban J connectivity index is 2.09. The van der Waals surface area contributed by atoms with E-state index in [9.17, 15) is 9.59 Å². The Morgan fingerprint density at radius 1 is 1.30 bits per heavy atom. The van der Waals surface area contributed by atoms with Gasteiger partial charge in [-0.2, -0.15) is 0 Å². The number of carbonyl (C=O) groups excluding carboxylic acids is 1. The average Bonchev–Trinajstić information content (AvgIpc) is 2.52. The number of rotatable bonds is 6. The molecule has 0 aromatic carbocycles. The van der Waals surface area contributed by atoms with Crippen molar-refractivity contribution in [3.8, 4) is 0 Å². The molecule has 5 atom stereocenters. The summed E-state index contributed by atoms with van der Waals surface area (Å²) in [4.78, 5) is 26.0. The number of carbonyl (C=O) groups is 2. The Kier molecular flexibility index (Phi) is 6.45. The quantitative estimate of drug-likeness (QED) is 0.788. The molecule has 0 radical (unpaired) electrons. The van der Waals surface area contributed by atoms with Crippen molar-refractivity contribution in [3.63, 3.8) is 0 Å². The first-order valence-electron chi connectivity index (χ1n) is 9.22. The number of nitrogens with one attached hydrogen (secondary N) is 1. The molecule has 2 N–H and O–H groups in total. The zero-order valence-electron chi connectivity index (χ0n) is 14.8. The van der Waals surface area contributed by atoms with E-state index in [1.165, 1.54) is 12.8 Å². The van der Waals surface area contributed by atoms with Gasteiger partial charge < -0.3 is 10.4 Å². The lowest BCUT2D eigenvalue weighted by Gasteiger charge is -2.51. The molecule has 0 aromatic rings. The summed E-state index contributed by atoms with van der Waals surface area (Å²) in [5, 5.41) is 12.2. The molecule has 2 fully saturated rings. The summed E-state index contributed by atoms with van der Waals surface area (Å²) in [6, 6.07) is 0.880. The Morgan fingerprint density at radius 3 is 2.65 bits per heavy atom. The predicted octanol–water partition coefficient (Wildman–Crippen LogP) is 2.65. The van der Waals surface area contributed by atoms with Crippen molar-refractivity contribution < 1.29 is 14.7 Å². The second kappa shape index (κ2) is 8.13. The Morgan fingerprint density at radius 2 is 2.00 bits per heavy atom. The number of carboxylic acid groups (broad SMARTS) is 1. The molecule has 1 saturated heterocycles. The van der Waals surface area contributed by atoms with E-state index < -0.39 is 5.97 Å². The Labute approximate surface area is 139 Å². The van der Waals surface area contributed by atoms with E-state index in [0.717, 1.165) is 25.7 Å². The lowest BCUT2D eigenvalue weighted by Crippen LogP contribution is -2.58. The molecule has 2 aliphatic rings. The van der Waals surface area contributed by atoms with Crippen LogP contribution in [0.25, 0.3) is 0 Å². The fraction of sp³-hybridized carbons (Fsp3) is 0.889. The van der Waals surface area contributed by atoms with Crippen molar-refractivity contribution in [3.05, 3.63) is 0 Å². The van der Waals surface area contributed by atoms with Gasteiger partial charge in [-0.1, -0.05) is 19.8 Å². The molecule has 5 unspecified atom stereocenters. The second-order valence-corrected chi connectivity index (χ2v) is 7.41. The molecule has 1 saturated carbocycles. The number of carboxylic acids is 1. The molecule has 132 valence electrons. The van der Waals surface area contributed by atoms with E-state index >= 15 is 0 Å². The second-order valence-electron chi connectivity index (χ2n) is 7.41. The van der Waals surface area contributed by atoms with Crippen LogP contribution in [-0.4, -0.2) is 46.6 Å². The van der Waals surface area contributed by atoms with Crippen LogP contribution in [0.5, 0.6) is 0 Å². The maximum atomic E-state index is 12.7. The summed E-state index contributed by atoms with van der Waals surface area (Å²) >= 11 is 0. The highest BCUT2D eigenvalue weighted by Crippen LogP contribution is 2.41. The number of hydrogen-bond acceptors (Lipinski definition) is 3. The van der Waals surface area contributed by atoms with Gasteiger partial charge in [0.25, 0.3) is 0 Å². The molecule has 0 spiro atoms. The van der Waals surface area contributed by atoms with Crippen LogP contribution in [0.4, 0.5) is 0 Å². The normalized spacial score (nSPS) is 32.8. The van der Waals surface area contributed by atoms with E-state index in [0.29, 0.717) is 18.5 Å². The van der Waals surface area contributed by atoms with Crippen LogP contribution in [0.2, 0.25) is 0 Å². The largest absolute Gasteiger partial charge is 0.481 e. The van der Waals surface area contributed by atoms with Crippen LogP contribution in [0, 0.1) is 11.8 Å². The zero-order chi connectivity index (χ0) is 17.0. The van der Waals surface area contributed by atoms with Crippen molar-refractivity contribution in [1.29, 1.82) is 0 Å². The van der Waals surface area contributed by atoms with Gasteiger partial charge in [0.2, 0.25) is 5.91 Å². The topological polar surface area (TPSA) is 69.6 Å². The minimum absolute atomic E-state index is 0.0883. The van der Waals surface area contributed by atoms with Crippen molar-refractivity contribution >= 4 is 11.9 Å². The van der Waals surface area contributed by atoms with Gasteiger partial charge in [-0.05, 0) is 45.4 Å². The van der Waals surface area contributed by atoms with Gasteiger partial charge in [-0.3, -0.25) is 14.5 Å². The van der Waals surface area contributed by atoms with Crippen LogP contribution >= 0.6 is 0 Å². The fourth-order valence-corrected chi connectivity index (χ4v) is 4.39. The van der Waals surface area contributed by atoms with Gasteiger partial charge in [0, 0.05) is 30.6 Å². The van der Waals surface area contributed by atoms with Gasteiger partial charge >= 0.3 is 5.97 Å². The third-order valence-corrected chi connectivity index (χ3v) is 5.81. The van der Waals surface area contributed by atoms with E-state index in [1.54, 1.807) is 0 Å². The number of nitrogens with zero attached hydrogens (tertiary/aromatic N) is 1. The maximum absolute atomic E-state index is 12.7. The van der Waals surface area contributed by atoms with Gasteiger partial charge in [0.1, 0.15) is 0 Å². The third-order valence-electron chi connectivity index (χ3n) is 5.81. The predicted molar refractivity (Wildman–Crippen MR) is 90.2 cm³/mol.